The molecule has 1 atom stereocenters. The lowest BCUT2D eigenvalue weighted by Gasteiger charge is -2.18. The van der Waals surface area contributed by atoms with E-state index in [9.17, 15) is 14.4 Å². The molecule has 0 rings (SSSR count). The van der Waals surface area contributed by atoms with Crippen molar-refractivity contribution in [3.05, 3.63) is 0 Å². The number of hydrogen-bond donors (Lipinski definition) is 0. The number of unbranched alkanes of at least 4 members (excludes halogenated alkanes) is 34. The van der Waals surface area contributed by atoms with Crippen LogP contribution >= 0.6 is 0 Å². The molecular formula is C55H106O6. The van der Waals surface area contributed by atoms with Crippen LogP contribution in [0, 0.1) is 11.8 Å². The first-order chi connectivity index (χ1) is 29.7. The summed E-state index contributed by atoms with van der Waals surface area (Å²) in [5.41, 5.74) is 0. The average molecular weight is 863 g/mol. The number of carbonyl (C=O) groups excluding carboxylic acids is 3. The fourth-order valence-corrected chi connectivity index (χ4v) is 8.34. The van der Waals surface area contributed by atoms with E-state index >= 15 is 0 Å². The lowest BCUT2D eigenvalue weighted by atomic mass is 10.0. The summed E-state index contributed by atoms with van der Waals surface area (Å²) in [6, 6.07) is 0. The van der Waals surface area contributed by atoms with Crippen LogP contribution in [-0.2, 0) is 28.6 Å². The fraction of sp³-hybridized carbons (Fsp3) is 0.945. The second-order valence-corrected chi connectivity index (χ2v) is 19.8. The number of carbonyl (C=O) groups is 3. The molecule has 0 saturated heterocycles. The molecule has 0 amide bonds. The summed E-state index contributed by atoms with van der Waals surface area (Å²) < 4.78 is 16.8. The van der Waals surface area contributed by atoms with E-state index in [1.807, 2.05) is 0 Å². The molecule has 0 saturated carbocycles. The molecule has 0 fully saturated rings. The molecule has 0 aromatic heterocycles. The fourth-order valence-electron chi connectivity index (χ4n) is 8.34. The van der Waals surface area contributed by atoms with Crippen molar-refractivity contribution in [3.8, 4) is 0 Å². The molecule has 0 aromatic rings. The summed E-state index contributed by atoms with van der Waals surface area (Å²) in [7, 11) is 0. The van der Waals surface area contributed by atoms with Gasteiger partial charge < -0.3 is 14.2 Å². The molecule has 0 aromatic carbocycles. The van der Waals surface area contributed by atoms with Crippen LogP contribution in [0.1, 0.15) is 304 Å². The average Bonchev–Trinajstić information content (AvgIpc) is 3.23. The van der Waals surface area contributed by atoms with Crippen LogP contribution in [0.3, 0.4) is 0 Å². The second-order valence-electron chi connectivity index (χ2n) is 19.8. The number of ether oxygens (including phenoxy) is 3. The van der Waals surface area contributed by atoms with Crippen LogP contribution in [0.25, 0.3) is 0 Å². The van der Waals surface area contributed by atoms with Gasteiger partial charge in [-0.3, -0.25) is 14.4 Å². The Morgan fingerprint density at radius 3 is 0.803 bits per heavy atom. The van der Waals surface area contributed by atoms with Crippen molar-refractivity contribution in [1.82, 2.24) is 0 Å². The van der Waals surface area contributed by atoms with E-state index in [1.165, 1.54) is 193 Å². The van der Waals surface area contributed by atoms with Gasteiger partial charge in [-0.05, 0) is 31.1 Å². The van der Waals surface area contributed by atoms with Crippen molar-refractivity contribution in [1.29, 1.82) is 0 Å². The quantitative estimate of drug-likeness (QED) is 0.0344. The third kappa shape index (κ3) is 49.3. The summed E-state index contributed by atoms with van der Waals surface area (Å²) in [5.74, 6) is 0.840. The highest BCUT2D eigenvalue weighted by Gasteiger charge is 2.19. The Morgan fingerprint density at radius 2 is 0.541 bits per heavy atom. The van der Waals surface area contributed by atoms with E-state index < -0.39 is 6.10 Å². The van der Waals surface area contributed by atoms with E-state index in [2.05, 4.69) is 34.6 Å². The second kappa shape index (κ2) is 47.9. The van der Waals surface area contributed by atoms with Gasteiger partial charge in [-0.1, -0.05) is 266 Å². The molecule has 0 spiro atoms. The molecule has 0 aliphatic carbocycles. The largest absolute Gasteiger partial charge is 0.462 e. The number of rotatable bonds is 49. The summed E-state index contributed by atoms with van der Waals surface area (Å²) in [5, 5.41) is 0. The van der Waals surface area contributed by atoms with E-state index in [4.69, 9.17) is 14.2 Å². The first-order valence-corrected chi connectivity index (χ1v) is 27.2. The van der Waals surface area contributed by atoms with Gasteiger partial charge in [0.25, 0.3) is 0 Å². The van der Waals surface area contributed by atoms with Gasteiger partial charge >= 0.3 is 17.9 Å². The van der Waals surface area contributed by atoms with Crippen molar-refractivity contribution >= 4 is 17.9 Å². The van der Waals surface area contributed by atoms with Gasteiger partial charge in [0.2, 0.25) is 0 Å². The van der Waals surface area contributed by atoms with E-state index in [0.717, 1.165) is 69.6 Å². The maximum Gasteiger partial charge on any atom is 0.306 e. The SMILES string of the molecule is CCCCCCCCCCCCC(=O)O[C@H](COC(=O)CCCCCCCCCCCCCCCCC(C)C)COC(=O)CCCCCCCCCCCCCCCC(C)C. The Balaban J connectivity index is 4.24. The van der Waals surface area contributed by atoms with Crippen molar-refractivity contribution < 1.29 is 28.6 Å². The van der Waals surface area contributed by atoms with Gasteiger partial charge in [-0.15, -0.1) is 0 Å². The van der Waals surface area contributed by atoms with E-state index in [0.29, 0.717) is 19.3 Å². The molecule has 0 aliphatic heterocycles. The van der Waals surface area contributed by atoms with Gasteiger partial charge in [0.1, 0.15) is 13.2 Å². The zero-order valence-electron chi connectivity index (χ0n) is 41.8. The van der Waals surface area contributed by atoms with Crippen LogP contribution in [-0.4, -0.2) is 37.2 Å². The van der Waals surface area contributed by atoms with Gasteiger partial charge in [0.15, 0.2) is 6.10 Å². The van der Waals surface area contributed by atoms with E-state index in [-0.39, 0.29) is 31.1 Å². The predicted molar refractivity (Wildman–Crippen MR) is 261 cm³/mol. The number of hydrogen-bond acceptors (Lipinski definition) is 6. The van der Waals surface area contributed by atoms with Gasteiger partial charge in [-0.2, -0.15) is 0 Å². The minimum Gasteiger partial charge on any atom is -0.462 e. The number of esters is 3. The Hall–Kier alpha value is -1.59. The third-order valence-electron chi connectivity index (χ3n) is 12.5. The highest BCUT2D eigenvalue weighted by atomic mass is 16.6. The zero-order valence-corrected chi connectivity index (χ0v) is 41.8. The molecule has 362 valence electrons. The summed E-state index contributed by atoms with van der Waals surface area (Å²) in [6.45, 7) is 11.4. The normalized spacial score (nSPS) is 12.0. The lowest BCUT2D eigenvalue weighted by molar-refractivity contribution is -0.167. The summed E-state index contributed by atoms with van der Waals surface area (Å²) in [6.07, 6.45) is 49.5. The Bertz CT molecular complexity index is 931. The monoisotopic (exact) mass is 863 g/mol. The van der Waals surface area contributed by atoms with Crippen molar-refractivity contribution in [2.75, 3.05) is 13.2 Å². The van der Waals surface area contributed by atoms with Crippen LogP contribution in [0.4, 0.5) is 0 Å². The molecule has 6 heteroatoms. The molecule has 61 heavy (non-hydrogen) atoms. The Morgan fingerprint density at radius 1 is 0.311 bits per heavy atom. The first-order valence-electron chi connectivity index (χ1n) is 27.2. The van der Waals surface area contributed by atoms with Gasteiger partial charge in [0, 0.05) is 19.3 Å². The lowest BCUT2D eigenvalue weighted by Crippen LogP contribution is -2.30. The van der Waals surface area contributed by atoms with Crippen LogP contribution in [0.2, 0.25) is 0 Å². The summed E-state index contributed by atoms with van der Waals surface area (Å²) >= 11 is 0. The van der Waals surface area contributed by atoms with E-state index in [1.54, 1.807) is 0 Å². The summed E-state index contributed by atoms with van der Waals surface area (Å²) in [4.78, 5) is 38.0. The van der Waals surface area contributed by atoms with Crippen LogP contribution in [0.15, 0.2) is 0 Å². The molecular weight excluding hydrogens is 757 g/mol. The molecule has 0 bridgehead atoms. The minimum atomic E-state index is -0.761. The van der Waals surface area contributed by atoms with Crippen molar-refractivity contribution in [2.24, 2.45) is 11.8 Å². The standard InChI is InChI=1S/C55H106O6/c1-6-7-8-9-10-11-25-32-37-42-47-55(58)61-52(49-60-54(57)46-41-36-31-27-22-18-14-16-20-24-29-34-39-44-51(4)5)48-59-53(56)45-40-35-30-26-21-17-13-12-15-19-23-28-33-38-43-50(2)3/h50-52H,6-49H2,1-5H3/t52-/m1/s1. The molecule has 0 aliphatic rings. The predicted octanol–water partition coefficient (Wildman–Crippen LogP) is 17.7. The highest BCUT2D eigenvalue weighted by Crippen LogP contribution is 2.18. The van der Waals surface area contributed by atoms with Crippen molar-refractivity contribution in [2.45, 2.75) is 310 Å². The first kappa shape index (κ1) is 59.4. The molecule has 6 nitrogen and oxygen atoms in total. The Labute approximate surface area is 380 Å². The maximum atomic E-state index is 12.8. The van der Waals surface area contributed by atoms with Crippen LogP contribution in [0.5, 0.6) is 0 Å². The molecule has 0 radical (unpaired) electrons. The minimum absolute atomic E-state index is 0.0632. The third-order valence-corrected chi connectivity index (χ3v) is 12.5. The maximum absolute atomic E-state index is 12.8. The Kier molecular flexibility index (Phi) is 46.6. The highest BCUT2D eigenvalue weighted by molar-refractivity contribution is 5.71. The van der Waals surface area contributed by atoms with Gasteiger partial charge in [0.05, 0.1) is 0 Å². The molecule has 0 N–H and O–H groups in total. The van der Waals surface area contributed by atoms with Crippen LogP contribution < -0.4 is 0 Å². The van der Waals surface area contributed by atoms with Crippen molar-refractivity contribution in [3.63, 3.8) is 0 Å². The zero-order chi connectivity index (χ0) is 44.7. The molecule has 0 heterocycles. The molecule has 0 unspecified atom stereocenters. The topological polar surface area (TPSA) is 78.9 Å². The smallest absolute Gasteiger partial charge is 0.306 e. The van der Waals surface area contributed by atoms with Gasteiger partial charge in [-0.25, -0.2) is 0 Å².